The Labute approximate surface area is 56.1 Å². The summed E-state index contributed by atoms with van der Waals surface area (Å²) < 4.78 is 0. The van der Waals surface area contributed by atoms with Crippen LogP contribution in [0.1, 0.15) is 26.2 Å². The van der Waals surface area contributed by atoms with Crippen LogP contribution < -0.4 is 0 Å². The van der Waals surface area contributed by atoms with Crippen molar-refractivity contribution >= 4 is 0 Å². The molecule has 0 amide bonds. The van der Waals surface area contributed by atoms with E-state index in [0.717, 1.165) is 19.3 Å². The first-order valence-corrected chi connectivity index (χ1v) is 3.33. The summed E-state index contributed by atoms with van der Waals surface area (Å²) >= 11 is 0. The molecule has 0 radical (unpaired) electrons. The Bertz CT molecular complexity index is 137. The van der Waals surface area contributed by atoms with Gasteiger partial charge in [0.25, 0.3) is 0 Å². The molecule has 1 heteroatoms. The molecule has 0 heterocycles. The van der Waals surface area contributed by atoms with E-state index in [4.69, 9.17) is 6.42 Å². The molecule has 0 bridgehead atoms. The lowest BCUT2D eigenvalue weighted by Crippen LogP contribution is -2.16. The van der Waals surface area contributed by atoms with Crippen LogP contribution in [0.4, 0.5) is 0 Å². The largest absolute Gasteiger partial charge is 0.393 e. The predicted molar refractivity (Wildman–Crippen MR) is 36.8 cm³/mol. The SMILES string of the molecule is C#CCC1(C(C)O)CC1. The van der Waals surface area contributed by atoms with E-state index in [-0.39, 0.29) is 11.5 Å². The smallest absolute Gasteiger partial charge is 0.0577 e. The van der Waals surface area contributed by atoms with Crippen molar-refractivity contribution in [3.63, 3.8) is 0 Å². The lowest BCUT2D eigenvalue weighted by molar-refractivity contribution is 0.113. The van der Waals surface area contributed by atoms with Gasteiger partial charge in [-0.15, -0.1) is 12.3 Å². The lowest BCUT2D eigenvalue weighted by Gasteiger charge is -2.13. The Morgan fingerprint density at radius 2 is 2.33 bits per heavy atom. The molecule has 1 atom stereocenters. The van der Waals surface area contributed by atoms with Crippen LogP contribution in [0.15, 0.2) is 0 Å². The Balaban J connectivity index is 2.45. The van der Waals surface area contributed by atoms with Crippen molar-refractivity contribution in [2.75, 3.05) is 0 Å². The molecule has 0 saturated heterocycles. The minimum atomic E-state index is -0.214. The van der Waals surface area contributed by atoms with E-state index >= 15 is 0 Å². The molecule has 0 aromatic heterocycles. The summed E-state index contributed by atoms with van der Waals surface area (Å²) in [5.41, 5.74) is 0.120. The van der Waals surface area contributed by atoms with Crippen LogP contribution in [0.5, 0.6) is 0 Å². The Hall–Kier alpha value is -0.480. The van der Waals surface area contributed by atoms with Gasteiger partial charge in [-0.05, 0) is 19.8 Å². The maximum atomic E-state index is 9.18. The predicted octanol–water partition coefficient (Wildman–Crippen LogP) is 1.17. The third-order valence-corrected chi connectivity index (χ3v) is 2.23. The van der Waals surface area contributed by atoms with Crippen molar-refractivity contribution in [1.29, 1.82) is 0 Å². The number of aliphatic hydroxyl groups is 1. The molecule has 0 aromatic carbocycles. The number of rotatable bonds is 2. The van der Waals surface area contributed by atoms with E-state index in [1.165, 1.54) is 0 Å². The third kappa shape index (κ3) is 1.09. The van der Waals surface area contributed by atoms with Crippen molar-refractivity contribution < 1.29 is 5.11 Å². The van der Waals surface area contributed by atoms with E-state index in [0.29, 0.717) is 0 Å². The van der Waals surface area contributed by atoms with Crippen LogP contribution in [0, 0.1) is 17.8 Å². The minimum Gasteiger partial charge on any atom is -0.393 e. The summed E-state index contributed by atoms with van der Waals surface area (Å²) in [6.45, 7) is 1.82. The molecule has 50 valence electrons. The van der Waals surface area contributed by atoms with Crippen molar-refractivity contribution in [3.05, 3.63) is 0 Å². The van der Waals surface area contributed by atoms with E-state index in [1.807, 2.05) is 6.92 Å². The van der Waals surface area contributed by atoms with E-state index in [1.54, 1.807) is 0 Å². The fourth-order valence-corrected chi connectivity index (χ4v) is 1.11. The maximum Gasteiger partial charge on any atom is 0.0577 e. The van der Waals surface area contributed by atoms with Gasteiger partial charge in [0.2, 0.25) is 0 Å². The second-order valence-electron chi connectivity index (χ2n) is 2.92. The van der Waals surface area contributed by atoms with Crippen LogP contribution in [0.2, 0.25) is 0 Å². The Morgan fingerprint density at radius 3 is 2.44 bits per heavy atom. The normalized spacial score (nSPS) is 24.6. The standard InChI is InChI=1S/C8H12O/c1-3-4-8(5-6-8)7(2)9/h1,7,9H,4-6H2,2H3. The summed E-state index contributed by atoms with van der Waals surface area (Å²) in [6, 6.07) is 0. The fourth-order valence-electron chi connectivity index (χ4n) is 1.11. The topological polar surface area (TPSA) is 20.2 Å². The van der Waals surface area contributed by atoms with Crippen molar-refractivity contribution in [2.45, 2.75) is 32.3 Å². The summed E-state index contributed by atoms with van der Waals surface area (Å²) in [5, 5.41) is 9.18. The monoisotopic (exact) mass is 124 g/mol. The first kappa shape index (κ1) is 6.64. The fraction of sp³-hybridized carbons (Fsp3) is 0.750. The first-order valence-electron chi connectivity index (χ1n) is 3.33. The van der Waals surface area contributed by atoms with Gasteiger partial charge in [-0.1, -0.05) is 0 Å². The average molecular weight is 124 g/mol. The molecule has 1 rings (SSSR count). The zero-order valence-electron chi connectivity index (χ0n) is 5.72. The van der Waals surface area contributed by atoms with Crippen LogP contribution in [0.25, 0.3) is 0 Å². The number of aliphatic hydroxyl groups excluding tert-OH is 1. The highest BCUT2D eigenvalue weighted by atomic mass is 16.3. The van der Waals surface area contributed by atoms with Gasteiger partial charge in [0, 0.05) is 11.8 Å². The zero-order chi connectivity index (χ0) is 6.91. The van der Waals surface area contributed by atoms with E-state index < -0.39 is 0 Å². The molecule has 1 saturated carbocycles. The molecule has 1 unspecified atom stereocenters. The maximum absolute atomic E-state index is 9.18. The summed E-state index contributed by atoms with van der Waals surface area (Å²) in [6.07, 6.45) is 7.87. The summed E-state index contributed by atoms with van der Waals surface area (Å²) in [5.74, 6) is 2.59. The average Bonchev–Trinajstić information content (AvgIpc) is 2.49. The molecule has 1 N–H and O–H groups in total. The van der Waals surface area contributed by atoms with Gasteiger partial charge in [-0.3, -0.25) is 0 Å². The van der Waals surface area contributed by atoms with Gasteiger partial charge in [-0.25, -0.2) is 0 Å². The molecule has 1 aliphatic rings. The van der Waals surface area contributed by atoms with Gasteiger partial charge in [0.15, 0.2) is 0 Å². The van der Waals surface area contributed by atoms with Crippen molar-refractivity contribution in [3.8, 4) is 12.3 Å². The summed E-state index contributed by atoms with van der Waals surface area (Å²) in [4.78, 5) is 0. The molecule has 0 spiro atoms. The van der Waals surface area contributed by atoms with Crippen molar-refractivity contribution in [1.82, 2.24) is 0 Å². The Kier molecular flexibility index (Phi) is 1.50. The van der Waals surface area contributed by atoms with Crippen molar-refractivity contribution in [2.24, 2.45) is 5.41 Å². The highest BCUT2D eigenvalue weighted by molar-refractivity contribution is 5.05. The molecule has 1 aliphatic carbocycles. The number of hydrogen-bond acceptors (Lipinski definition) is 1. The van der Waals surface area contributed by atoms with Gasteiger partial charge >= 0.3 is 0 Å². The van der Waals surface area contributed by atoms with Crippen LogP contribution in [0.3, 0.4) is 0 Å². The highest BCUT2D eigenvalue weighted by Crippen LogP contribution is 2.51. The number of hydrogen-bond donors (Lipinski definition) is 1. The van der Waals surface area contributed by atoms with Gasteiger partial charge in [0.05, 0.1) is 6.10 Å². The van der Waals surface area contributed by atoms with Crippen LogP contribution >= 0.6 is 0 Å². The molecule has 1 nitrogen and oxygen atoms in total. The molecule has 0 aromatic rings. The number of terminal acetylenes is 1. The molecular weight excluding hydrogens is 112 g/mol. The van der Waals surface area contributed by atoms with E-state index in [9.17, 15) is 5.11 Å². The Morgan fingerprint density at radius 1 is 1.78 bits per heavy atom. The molecule has 9 heavy (non-hydrogen) atoms. The highest BCUT2D eigenvalue weighted by Gasteiger charge is 2.45. The molecule has 0 aliphatic heterocycles. The van der Waals surface area contributed by atoms with Gasteiger partial charge in [0.1, 0.15) is 0 Å². The van der Waals surface area contributed by atoms with E-state index in [2.05, 4.69) is 5.92 Å². The second-order valence-corrected chi connectivity index (χ2v) is 2.92. The molecular formula is C8H12O. The lowest BCUT2D eigenvalue weighted by atomic mass is 9.97. The van der Waals surface area contributed by atoms with Crippen LogP contribution in [-0.4, -0.2) is 11.2 Å². The first-order chi connectivity index (χ1) is 4.21. The third-order valence-electron chi connectivity index (χ3n) is 2.23. The minimum absolute atomic E-state index is 0.120. The van der Waals surface area contributed by atoms with Crippen LogP contribution in [-0.2, 0) is 0 Å². The molecule has 1 fully saturated rings. The van der Waals surface area contributed by atoms with Gasteiger partial charge < -0.3 is 5.11 Å². The zero-order valence-corrected chi connectivity index (χ0v) is 5.72. The quantitative estimate of drug-likeness (QED) is 0.548. The second kappa shape index (κ2) is 2.04. The van der Waals surface area contributed by atoms with Gasteiger partial charge in [-0.2, -0.15) is 0 Å². The summed E-state index contributed by atoms with van der Waals surface area (Å²) in [7, 11) is 0.